The summed E-state index contributed by atoms with van der Waals surface area (Å²) < 4.78 is 30.5. The summed E-state index contributed by atoms with van der Waals surface area (Å²) in [6.07, 6.45) is 2.68. The molecule has 0 saturated heterocycles. The first-order chi connectivity index (χ1) is 12.4. The number of aromatic nitrogens is 2. The number of carbonyl (C=O) groups is 1. The summed E-state index contributed by atoms with van der Waals surface area (Å²) in [6.45, 7) is -2.77. The Morgan fingerprint density at radius 2 is 2.19 bits per heavy atom. The van der Waals surface area contributed by atoms with Crippen LogP contribution in [0, 0.1) is 22.7 Å². The normalized spacial score (nSPS) is 11.0. The molecule has 0 atom stereocenters. The van der Waals surface area contributed by atoms with Crippen molar-refractivity contribution in [1.82, 2.24) is 9.78 Å². The van der Waals surface area contributed by atoms with Crippen molar-refractivity contribution in [2.24, 2.45) is 0 Å². The third-order valence-electron chi connectivity index (χ3n) is 3.22. The lowest BCUT2D eigenvalue weighted by molar-refractivity contribution is -0.298. The van der Waals surface area contributed by atoms with E-state index < -0.39 is 18.2 Å². The van der Waals surface area contributed by atoms with Crippen LogP contribution in [0.25, 0.3) is 17.3 Å². The smallest absolute Gasteiger partial charge is 0.387 e. The van der Waals surface area contributed by atoms with Crippen molar-refractivity contribution in [1.29, 1.82) is 10.5 Å². The molecule has 2 aromatic rings. The Balaban J connectivity index is 2.53. The molecule has 7 nitrogen and oxygen atoms in total. The van der Waals surface area contributed by atoms with Gasteiger partial charge in [0.2, 0.25) is 0 Å². The summed E-state index contributed by atoms with van der Waals surface area (Å²) in [5.74, 6) is -1.75. The number of hydrogen-bond donors (Lipinski definition) is 0. The van der Waals surface area contributed by atoms with Crippen LogP contribution in [-0.4, -0.2) is 22.4 Å². The third-order valence-corrected chi connectivity index (χ3v) is 3.22. The van der Waals surface area contributed by atoms with E-state index in [1.54, 1.807) is 6.07 Å². The molecule has 0 aliphatic rings. The molecule has 132 valence electrons. The van der Waals surface area contributed by atoms with E-state index >= 15 is 0 Å². The van der Waals surface area contributed by atoms with Gasteiger partial charge in [-0.25, -0.2) is 0 Å². The highest BCUT2D eigenvalue weighted by atomic mass is 19.3. The van der Waals surface area contributed by atoms with E-state index in [9.17, 15) is 18.7 Å². The maximum Gasteiger partial charge on any atom is 0.387 e. The molecule has 1 aromatic heterocycles. The van der Waals surface area contributed by atoms with Crippen LogP contribution in [0.2, 0.25) is 0 Å². The molecular weight excluding hydrogens is 346 g/mol. The minimum atomic E-state index is -3.00. The van der Waals surface area contributed by atoms with Gasteiger partial charge in [0.1, 0.15) is 11.8 Å². The number of aryl methyl sites for hydroxylation is 1. The van der Waals surface area contributed by atoms with E-state index in [1.807, 2.05) is 6.07 Å². The average Bonchev–Trinajstić information content (AvgIpc) is 3.00. The topological polar surface area (TPSA) is 115 Å². The SMILES string of the molecule is N#CCCn1cc(/C=C(\C#N)C(=O)[O-])c(-c2cccc(OC(F)F)c2)n1. The molecule has 0 N–H and O–H groups in total. The quantitative estimate of drug-likeness (QED) is 0.550. The molecule has 1 heterocycles. The first-order valence-electron chi connectivity index (χ1n) is 7.27. The Bertz CT molecular complexity index is 923. The summed E-state index contributed by atoms with van der Waals surface area (Å²) in [5, 5.41) is 32.8. The van der Waals surface area contributed by atoms with Crippen molar-refractivity contribution in [3.63, 3.8) is 0 Å². The van der Waals surface area contributed by atoms with Crippen LogP contribution in [0.1, 0.15) is 12.0 Å². The highest BCUT2D eigenvalue weighted by Crippen LogP contribution is 2.28. The molecule has 2 rings (SSSR count). The van der Waals surface area contributed by atoms with Gasteiger partial charge < -0.3 is 14.6 Å². The van der Waals surface area contributed by atoms with Crippen molar-refractivity contribution in [2.75, 3.05) is 0 Å². The first kappa shape index (κ1) is 18.6. The molecule has 0 fully saturated rings. The Morgan fingerprint density at radius 1 is 1.42 bits per heavy atom. The summed E-state index contributed by atoms with van der Waals surface area (Å²) in [6, 6.07) is 9.14. The van der Waals surface area contributed by atoms with Crippen LogP contribution >= 0.6 is 0 Å². The molecule has 26 heavy (non-hydrogen) atoms. The lowest BCUT2D eigenvalue weighted by atomic mass is 10.1. The fourth-order valence-electron chi connectivity index (χ4n) is 2.16. The minimum absolute atomic E-state index is 0.0978. The number of ether oxygens (including phenoxy) is 1. The van der Waals surface area contributed by atoms with Gasteiger partial charge in [-0.05, 0) is 18.2 Å². The monoisotopic (exact) mass is 357 g/mol. The summed E-state index contributed by atoms with van der Waals surface area (Å²) >= 11 is 0. The second-order valence-electron chi connectivity index (χ2n) is 4.97. The fourth-order valence-corrected chi connectivity index (χ4v) is 2.16. The second kappa shape index (κ2) is 8.40. The molecule has 0 radical (unpaired) electrons. The molecule has 9 heteroatoms. The zero-order valence-corrected chi connectivity index (χ0v) is 13.2. The van der Waals surface area contributed by atoms with Crippen LogP contribution in [0.4, 0.5) is 8.78 Å². The summed E-state index contributed by atoms with van der Waals surface area (Å²) in [5.41, 5.74) is 0.265. The number of carboxylic acids is 1. The molecule has 0 aliphatic heterocycles. The van der Waals surface area contributed by atoms with E-state index in [0.29, 0.717) is 5.56 Å². The van der Waals surface area contributed by atoms with E-state index in [2.05, 4.69) is 9.84 Å². The van der Waals surface area contributed by atoms with E-state index in [-0.39, 0.29) is 30.0 Å². The van der Waals surface area contributed by atoms with Crippen LogP contribution < -0.4 is 9.84 Å². The van der Waals surface area contributed by atoms with Gasteiger partial charge in [0.15, 0.2) is 0 Å². The van der Waals surface area contributed by atoms with Crippen molar-refractivity contribution in [2.45, 2.75) is 19.6 Å². The third kappa shape index (κ3) is 4.65. The number of nitrogens with zero attached hydrogens (tertiary/aromatic N) is 4. The average molecular weight is 357 g/mol. The predicted molar refractivity (Wildman–Crippen MR) is 83.1 cm³/mol. The molecule has 0 bridgehead atoms. The Kier molecular flexibility index (Phi) is 6.01. The number of nitriles is 2. The minimum Gasteiger partial charge on any atom is -0.544 e. The molecule has 0 spiro atoms. The highest BCUT2D eigenvalue weighted by molar-refractivity contribution is 5.96. The number of carbonyl (C=O) groups excluding carboxylic acids is 1. The molecule has 0 amide bonds. The molecule has 0 aliphatic carbocycles. The fraction of sp³-hybridized carbons (Fsp3) is 0.176. The number of benzene rings is 1. The van der Waals surface area contributed by atoms with Gasteiger partial charge in [0.05, 0.1) is 36.3 Å². The number of halogens is 2. The second-order valence-corrected chi connectivity index (χ2v) is 4.97. The maximum absolute atomic E-state index is 12.4. The Labute approximate surface area is 147 Å². The predicted octanol–water partition coefficient (Wildman–Crippen LogP) is 1.72. The van der Waals surface area contributed by atoms with Crippen LogP contribution in [0.3, 0.4) is 0 Å². The number of carboxylic acid groups (broad SMARTS) is 1. The van der Waals surface area contributed by atoms with Crippen LogP contribution in [0.15, 0.2) is 36.0 Å². The zero-order valence-electron chi connectivity index (χ0n) is 13.2. The van der Waals surface area contributed by atoms with Gasteiger partial charge in [-0.3, -0.25) is 4.68 Å². The molecule has 1 aromatic carbocycles. The highest BCUT2D eigenvalue weighted by Gasteiger charge is 2.13. The van der Waals surface area contributed by atoms with Gasteiger partial charge in [0.25, 0.3) is 0 Å². The van der Waals surface area contributed by atoms with Gasteiger partial charge >= 0.3 is 6.61 Å². The zero-order chi connectivity index (χ0) is 19.1. The number of alkyl halides is 2. The standard InChI is InChI=1S/C17H12F2N4O3/c18-17(19)26-14-4-1-3-11(8-14)15-13(7-12(9-21)16(24)25)10-23(22-15)6-2-5-20/h1,3-4,7-8,10,17H,2,6H2,(H,24,25)/p-1/b12-7+. The van der Waals surface area contributed by atoms with Crippen molar-refractivity contribution in [3.8, 4) is 29.1 Å². The van der Waals surface area contributed by atoms with E-state index in [4.69, 9.17) is 10.5 Å². The van der Waals surface area contributed by atoms with Crippen LogP contribution in [-0.2, 0) is 11.3 Å². The van der Waals surface area contributed by atoms with Crippen LogP contribution in [0.5, 0.6) is 5.75 Å². The number of aliphatic carboxylic acids is 1. The van der Waals surface area contributed by atoms with Crippen molar-refractivity contribution >= 4 is 12.0 Å². The summed E-state index contributed by atoms with van der Waals surface area (Å²) in [7, 11) is 0. The Morgan fingerprint density at radius 3 is 2.81 bits per heavy atom. The van der Waals surface area contributed by atoms with E-state index in [0.717, 1.165) is 6.08 Å². The maximum atomic E-state index is 12.4. The van der Waals surface area contributed by atoms with Gasteiger partial charge in [0, 0.05) is 17.3 Å². The lowest BCUT2D eigenvalue weighted by Crippen LogP contribution is -2.23. The van der Waals surface area contributed by atoms with E-state index in [1.165, 1.54) is 35.1 Å². The first-order valence-corrected chi connectivity index (χ1v) is 7.27. The van der Waals surface area contributed by atoms with Crippen molar-refractivity contribution in [3.05, 3.63) is 41.6 Å². The number of hydrogen-bond acceptors (Lipinski definition) is 6. The number of rotatable bonds is 7. The van der Waals surface area contributed by atoms with Gasteiger partial charge in [-0.15, -0.1) is 0 Å². The summed E-state index contributed by atoms with van der Waals surface area (Å²) in [4.78, 5) is 11.0. The van der Waals surface area contributed by atoms with Gasteiger partial charge in [-0.1, -0.05) is 12.1 Å². The largest absolute Gasteiger partial charge is 0.544 e. The van der Waals surface area contributed by atoms with Crippen molar-refractivity contribution < 1.29 is 23.4 Å². The van der Waals surface area contributed by atoms with Gasteiger partial charge in [-0.2, -0.15) is 24.4 Å². The molecule has 0 saturated carbocycles. The Hall–Kier alpha value is -3.72. The molecular formula is C17H11F2N4O3-. The lowest BCUT2D eigenvalue weighted by Gasteiger charge is -2.06. The molecule has 0 unspecified atom stereocenters.